The number of benzene rings is 1. The quantitative estimate of drug-likeness (QED) is 0.672. The summed E-state index contributed by atoms with van der Waals surface area (Å²) in [7, 11) is 0. The number of fused-ring (bicyclic) bond motifs is 1. The molecule has 1 aromatic heterocycles. The number of Topliss-reactive ketones (excluding diaryl/α,β-unsaturated/α-hetero) is 1. The average Bonchev–Trinajstić information content (AvgIpc) is 2.89. The number of aromatic nitrogens is 2. The van der Waals surface area contributed by atoms with E-state index in [9.17, 15) is 4.79 Å². The first-order valence-electron chi connectivity index (χ1n) is 6.40. The molecule has 0 unspecified atom stereocenters. The third-order valence-electron chi connectivity index (χ3n) is 3.85. The van der Waals surface area contributed by atoms with Crippen LogP contribution in [-0.2, 0) is 0 Å². The second-order valence-corrected chi connectivity index (χ2v) is 7.43. The zero-order chi connectivity index (χ0) is 14.5. The minimum absolute atomic E-state index is 0.0507. The fourth-order valence-electron chi connectivity index (χ4n) is 2.52. The van der Waals surface area contributed by atoms with Gasteiger partial charge in [0.2, 0.25) is 0 Å². The van der Waals surface area contributed by atoms with Gasteiger partial charge in [0.15, 0.2) is 5.78 Å². The highest BCUT2D eigenvalue weighted by molar-refractivity contribution is 9.10. The van der Waals surface area contributed by atoms with Gasteiger partial charge in [-0.1, -0.05) is 63.9 Å². The Kier molecular flexibility index (Phi) is 3.37. The standard InChI is InChI=1S/C15H14Br2N2O/c1-15(2)13(16)11-10(12(20)14(15)17)8-18-19(11)9-6-4-3-5-7-9/h3-8,13-14H,1-2H3/t13-,14-/m0/s1. The fraction of sp³-hybridized carbons (Fsp3) is 0.333. The molecule has 3 rings (SSSR count). The molecule has 1 heterocycles. The first kappa shape index (κ1) is 14.0. The summed E-state index contributed by atoms with van der Waals surface area (Å²) >= 11 is 7.30. The lowest BCUT2D eigenvalue weighted by molar-refractivity contribution is 0.0927. The molecule has 2 aromatic rings. The number of carbonyl (C=O) groups is 1. The Bertz CT molecular complexity index is 664. The second-order valence-electron chi connectivity index (χ2n) is 5.60. The SMILES string of the molecule is CC1(C)[C@@H](Br)C(=O)c2cnn(-c3ccccc3)c2[C@@H]1Br. The van der Waals surface area contributed by atoms with Crippen LogP contribution in [-0.4, -0.2) is 20.4 Å². The molecule has 0 amide bonds. The summed E-state index contributed by atoms with van der Waals surface area (Å²) in [4.78, 5) is 12.3. The van der Waals surface area contributed by atoms with Crippen molar-refractivity contribution < 1.29 is 4.79 Å². The monoisotopic (exact) mass is 396 g/mol. The number of nitrogens with zero attached hydrogens (tertiary/aromatic N) is 2. The number of hydrogen-bond donors (Lipinski definition) is 0. The van der Waals surface area contributed by atoms with Crippen LogP contribution < -0.4 is 0 Å². The molecule has 0 aliphatic heterocycles. The lowest BCUT2D eigenvalue weighted by Gasteiger charge is -2.38. The molecule has 1 aromatic carbocycles. The molecule has 0 bridgehead atoms. The van der Waals surface area contributed by atoms with E-state index in [4.69, 9.17) is 0 Å². The topological polar surface area (TPSA) is 34.9 Å². The van der Waals surface area contributed by atoms with Crippen molar-refractivity contribution in [1.29, 1.82) is 0 Å². The highest BCUT2D eigenvalue weighted by atomic mass is 79.9. The van der Waals surface area contributed by atoms with Gasteiger partial charge in [0.25, 0.3) is 0 Å². The van der Waals surface area contributed by atoms with E-state index in [0.29, 0.717) is 5.56 Å². The molecule has 0 N–H and O–H groups in total. The molecule has 0 spiro atoms. The molecule has 0 radical (unpaired) electrons. The molecule has 3 nitrogen and oxygen atoms in total. The number of para-hydroxylation sites is 1. The van der Waals surface area contributed by atoms with Crippen molar-refractivity contribution in [1.82, 2.24) is 9.78 Å². The molecule has 1 aliphatic carbocycles. The Morgan fingerprint density at radius 1 is 1.15 bits per heavy atom. The minimum atomic E-state index is -0.226. The van der Waals surface area contributed by atoms with Crippen LogP contribution in [0.5, 0.6) is 0 Å². The van der Waals surface area contributed by atoms with Gasteiger partial charge in [-0.25, -0.2) is 4.68 Å². The predicted octanol–water partition coefficient (Wildman–Crippen LogP) is 4.29. The van der Waals surface area contributed by atoms with Crippen molar-refractivity contribution in [3.05, 3.63) is 47.8 Å². The van der Waals surface area contributed by atoms with Crippen molar-refractivity contribution in [2.45, 2.75) is 23.5 Å². The summed E-state index contributed by atoms with van der Waals surface area (Å²) in [6, 6.07) is 9.88. The van der Waals surface area contributed by atoms with E-state index < -0.39 is 0 Å². The maximum absolute atomic E-state index is 12.5. The zero-order valence-corrected chi connectivity index (χ0v) is 14.3. The van der Waals surface area contributed by atoms with E-state index >= 15 is 0 Å². The van der Waals surface area contributed by atoms with Gasteiger partial charge in [-0.3, -0.25) is 4.79 Å². The molecular formula is C15H14Br2N2O. The molecule has 104 valence electrons. The van der Waals surface area contributed by atoms with Crippen LogP contribution in [0.4, 0.5) is 0 Å². The van der Waals surface area contributed by atoms with Crippen LogP contribution in [0.1, 0.15) is 34.7 Å². The lowest BCUT2D eigenvalue weighted by Crippen LogP contribution is -2.40. The Morgan fingerprint density at radius 3 is 2.45 bits per heavy atom. The van der Waals surface area contributed by atoms with E-state index in [0.717, 1.165) is 11.4 Å². The molecule has 1 aliphatic rings. The summed E-state index contributed by atoms with van der Waals surface area (Å²) in [5.41, 5.74) is 2.37. The van der Waals surface area contributed by atoms with Crippen molar-refractivity contribution in [2.75, 3.05) is 0 Å². The fourth-order valence-corrected chi connectivity index (χ4v) is 4.09. The van der Waals surface area contributed by atoms with Gasteiger partial charge in [0.05, 0.1) is 32.8 Å². The van der Waals surface area contributed by atoms with E-state index in [2.05, 4.69) is 50.8 Å². The van der Waals surface area contributed by atoms with Gasteiger partial charge < -0.3 is 0 Å². The van der Waals surface area contributed by atoms with Gasteiger partial charge in [0.1, 0.15) is 0 Å². The largest absolute Gasteiger partial charge is 0.293 e. The Morgan fingerprint density at radius 2 is 1.80 bits per heavy atom. The summed E-state index contributed by atoms with van der Waals surface area (Å²) in [5, 5.41) is 4.41. The van der Waals surface area contributed by atoms with E-state index in [1.54, 1.807) is 6.20 Å². The number of alkyl halides is 2. The van der Waals surface area contributed by atoms with Gasteiger partial charge in [0, 0.05) is 5.41 Å². The molecule has 5 heteroatoms. The molecule has 2 atom stereocenters. The summed E-state index contributed by atoms with van der Waals surface area (Å²) in [6.45, 7) is 4.16. The maximum Gasteiger partial charge on any atom is 0.180 e. The first-order chi connectivity index (χ1) is 9.44. The van der Waals surface area contributed by atoms with Gasteiger partial charge >= 0.3 is 0 Å². The van der Waals surface area contributed by atoms with Crippen molar-refractivity contribution in [3.63, 3.8) is 0 Å². The molecule has 0 saturated carbocycles. The smallest absolute Gasteiger partial charge is 0.180 e. The molecule has 20 heavy (non-hydrogen) atoms. The van der Waals surface area contributed by atoms with Crippen LogP contribution in [0.2, 0.25) is 0 Å². The molecule has 0 saturated heterocycles. The highest BCUT2D eigenvalue weighted by Crippen LogP contribution is 2.51. The van der Waals surface area contributed by atoms with Gasteiger partial charge in [-0.2, -0.15) is 5.10 Å². The third kappa shape index (κ3) is 1.91. The van der Waals surface area contributed by atoms with Gasteiger partial charge in [-0.15, -0.1) is 0 Å². The van der Waals surface area contributed by atoms with Crippen molar-refractivity contribution in [3.8, 4) is 5.69 Å². The summed E-state index contributed by atoms with van der Waals surface area (Å²) < 4.78 is 1.85. The molecule has 0 fully saturated rings. The zero-order valence-electron chi connectivity index (χ0n) is 11.2. The van der Waals surface area contributed by atoms with Crippen LogP contribution >= 0.6 is 31.9 Å². The third-order valence-corrected chi connectivity index (χ3v) is 7.06. The van der Waals surface area contributed by atoms with E-state index in [1.807, 2.05) is 35.0 Å². The number of carbonyl (C=O) groups excluding carboxylic acids is 1. The maximum atomic E-state index is 12.5. The average molecular weight is 398 g/mol. The summed E-state index contributed by atoms with van der Waals surface area (Å²) in [6.07, 6.45) is 1.67. The van der Waals surface area contributed by atoms with Crippen LogP contribution in [0, 0.1) is 5.41 Å². The number of ketones is 1. The first-order valence-corrected chi connectivity index (χ1v) is 8.23. The summed E-state index contributed by atoms with van der Waals surface area (Å²) in [5.74, 6) is 0.0999. The minimum Gasteiger partial charge on any atom is -0.293 e. The number of halogens is 2. The normalized spacial score (nSPS) is 24.5. The Balaban J connectivity index is 2.22. The van der Waals surface area contributed by atoms with Crippen LogP contribution in [0.25, 0.3) is 5.69 Å². The van der Waals surface area contributed by atoms with Gasteiger partial charge in [-0.05, 0) is 12.1 Å². The number of hydrogen-bond acceptors (Lipinski definition) is 2. The Hall–Kier alpha value is -0.940. The van der Waals surface area contributed by atoms with Crippen molar-refractivity contribution >= 4 is 37.6 Å². The van der Waals surface area contributed by atoms with E-state index in [-0.39, 0.29) is 20.9 Å². The van der Waals surface area contributed by atoms with Crippen molar-refractivity contribution in [2.24, 2.45) is 5.41 Å². The number of rotatable bonds is 1. The van der Waals surface area contributed by atoms with Crippen LogP contribution in [0.15, 0.2) is 36.5 Å². The highest BCUT2D eigenvalue weighted by Gasteiger charge is 2.48. The Labute approximate surface area is 134 Å². The predicted molar refractivity (Wildman–Crippen MR) is 86.1 cm³/mol. The van der Waals surface area contributed by atoms with E-state index in [1.165, 1.54) is 0 Å². The second kappa shape index (κ2) is 4.81. The lowest BCUT2D eigenvalue weighted by atomic mass is 9.76. The van der Waals surface area contributed by atoms with Crippen LogP contribution in [0.3, 0.4) is 0 Å². The molecular weight excluding hydrogens is 384 g/mol.